The van der Waals surface area contributed by atoms with E-state index in [4.69, 9.17) is 9.47 Å². The molecule has 31 heavy (non-hydrogen) atoms. The minimum absolute atomic E-state index is 0.0841. The Morgan fingerprint density at radius 2 is 1.90 bits per heavy atom. The van der Waals surface area contributed by atoms with Crippen molar-refractivity contribution in [3.05, 3.63) is 46.4 Å². The SMILES string of the molecule is Cc1ccc(Cc2c(O[C@]3(O)O[C@H](CO)[C@@H](O)[C@H](O)[C@H]3O)nn(C(C)C)c2C)c(F)c1. The van der Waals surface area contributed by atoms with Crippen molar-refractivity contribution in [1.82, 2.24) is 9.78 Å². The molecule has 0 saturated carbocycles. The number of aromatic nitrogens is 2. The zero-order valence-electron chi connectivity index (χ0n) is 17.9. The van der Waals surface area contributed by atoms with Crippen molar-refractivity contribution < 1.29 is 39.4 Å². The van der Waals surface area contributed by atoms with E-state index >= 15 is 0 Å². The third-order valence-electron chi connectivity index (χ3n) is 5.47. The quantitative estimate of drug-likeness (QED) is 0.405. The lowest BCUT2D eigenvalue weighted by Gasteiger charge is -2.43. The average Bonchev–Trinajstić information content (AvgIpc) is 3.01. The molecule has 9 nitrogen and oxygen atoms in total. The van der Waals surface area contributed by atoms with Gasteiger partial charge in [-0.1, -0.05) is 12.1 Å². The smallest absolute Gasteiger partial charge is 0.356 e. The largest absolute Gasteiger partial charge is 0.417 e. The Hall–Kier alpha value is -2.08. The van der Waals surface area contributed by atoms with E-state index in [2.05, 4.69) is 5.10 Å². The van der Waals surface area contributed by atoms with Gasteiger partial charge in [0.05, 0.1) is 6.61 Å². The highest BCUT2D eigenvalue weighted by atomic mass is 19.1. The number of aliphatic hydroxyl groups is 5. The minimum atomic E-state index is -2.80. The van der Waals surface area contributed by atoms with Crippen LogP contribution in [0.4, 0.5) is 4.39 Å². The molecule has 3 rings (SSSR count). The Bertz CT molecular complexity index is 933. The maximum absolute atomic E-state index is 14.5. The van der Waals surface area contributed by atoms with Crippen molar-refractivity contribution in [3.63, 3.8) is 0 Å². The first kappa shape index (κ1) is 23.6. The first-order valence-corrected chi connectivity index (χ1v) is 10.1. The molecule has 2 heterocycles. The second-order valence-corrected chi connectivity index (χ2v) is 8.18. The van der Waals surface area contributed by atoms with Gasteiger partial charge in [0.2, 0.25) is 5.88 Å². The molecule has 0 spiro atoms. The van der Waals surface area contributed by atoms with Gasteiger partial charge in [-0.25, -0.2) is 4.39 Å². The highest BCUT2D eigenvalue weighted by molar-refractivity contribution is 5.38. The summed E-state index contributed by atoms with van der Waals surface area (Å²) in [6.45, 7) is 6.55. The number of ether oxygens (including phenoxy) is 2. The van der Waals surface area contributed by atoms with Gasteiger partial charge < -0.3 is 35.0 Å². The molecule has 0 unspecified atom stereocenters. The van der Waals surface area contributed by atoms with E-state index in [-0.39, 0.29) is 18.3 Å². The lowest BCUT2D eigenvalue weighted by molar-refractivity contribution is -0.423. The van der Waals surface area contributed by atoms with E-state index in [0.29, 0.717) is 16.8 Å². The van der Waals surface area contributed by atoms with Crippen LogP contribution < -0.4 is 4.74 Å². The van der Waals surface area contributed by atoms with Crippen molar-refractivity contribution in [3.8, 4) is 5.88 Å². The van der Waals surface area contributed by atoms with Crippen LogP contribution in [0.3, 0.4) is 0 Å². The summed E-state index contributed by atoms with van der Waals surface area (Å²) in [4.78, 5) is 0. The van der Waals surface area contributed by atoms with E-state index in [0.717, 1.165) is 5.56 Å². The highest BCUT2D eigenvalue weighted by Gasteiger charge is 2.55. The van der Waals surface area contributed by atoms with E-state index < -0.39 is 42.8 Å². The summed E-state index contributed by atoms with van der Waals surface area (Å²) >= 11 is 0. The Morgan fingerprint density at radius 3 is 2.48 bits per heavy atom. The van der Waals surface area contributed by atoms with Crippen molar-refractivity contribution in [1.29, 1.82) is 0 Å². The number of hydrogen-bond acceptors (Lipinski definition) is 8. The molecule has 0 amide bonds. The summed E-state index contributed by atoms with van der Waals surface area (Å²) in [6.07, 6.45) is -6.86. The van der Waals surface area contributed by atoms with Gasteiger partial charge >= 0.3 is 5.97 Å². The van der Waals surface area contributed by atoms with Crippen LogP contribution in [0.25, 0.3) is 0 Å². The lowest BCUT2D eigenvalue weighted by atomic mass is 9.98. The molecule has 0 bridgehead atoms. The molecule has 1 saturated heterocycles. The number of aryl methyl sites for hydroxylation is 1. The van der Waals surface area contributed by atoms with Crippen LogP contribution in [0.1, 0.15) is 42.3 Å². The fourth-order valence-corrected chi connectivity index (χ4v) is 3.65. The normalized spacial score (nSPS) is 28.9. The number of benzene rings is 1. The van der Waals surface area contributed by atoms with Crippen LogP contribution in [0.2, 0.25) is 0 Å². The second-order valence-electron chi connectivity index (χ2n) is 8.18. The molecule has 172 valence electrons. The molecule has 10 heteroatoms. The summed E-state index contributed by atoms with van der Waals surface area (Å²) < 4.78 is 26.8. The summed E-state index contributed by atoms with van der Waals surface area (Å²) in [5, 5.41) is 54.8. The van der Waals surface area contributed by atoms with Crippen LogP contribution in [-0.2, 0) is 11.2 Å². The van der Waals surface area contributed by atoms with Gasteiger partial charge in [-0.2, -0.15) is 0 Å². The Labute approximate surface area is 179 Å². The molecule has 1 aromatic carbocycles. The van der Waals surface area contributed by atoms with Gasteiger partial charge in [0.1, 0.15) is 24.1 Å². The highest BCUT2D eigenvalue weighted by Crippen LogP contribution is 2.34. The van der Waals surface area contributed by atoms with Gasteiger partial charge in [-0.05, 0) is 44.9 Å². The zero-order chi connectivity index (χ0) is 23.1. The molecule has 1 fully saturated rings. The lowest BCUT2D eigenvalue weighted by Crippen LogP contribution is -2.67. The van der Waals surface area contributed by atoms with Crippen LogP contribution in [0.5, 0.6) is 5.88 Å². The molecule has 1 aliphatic heterocycles. The monoisotopic (exact) mass is 440 g/mol. The predicted octanol–water partition coefficient (Wildman–Crippen LogP) is 0.309. The second kappa shape index (κ2) is 8.81. The van der Waals surface area contributed by atoms with Crippen molar-refractivity contribution in [2.45, 2.75) is 70.5 Å². The van der Waals surface area contributed by atoms with Crippen LogP contribution >= 0.6 is 0 Å². The molecule has 2 aromatic rings. The Balaban J connectivity index is 2.01. The summed E-state index contributed by atoms with van der Waals surface area (Å²) in [7, 11) is 0. The number of halogens is 1. The van der Waals surface area contributed by atoms with Crippen LogP contribution in [0.15, 0.2) is 18.2 Å². The summed E-state index contributed by atoms with van der Waals surface area (Å²) in [6, 6.07) is 4.72. The van der Waals surface area contributed by atoms with Crippen LogP contribution in [0, 0.1) is 19.7 Å². The number of aliphatic hydroxyl groups excluding tert-OH is 4. The van der Waals surface area contributed by atoms with E-state index in [1.807, 2.05) is 13.8 Å². The topological polar surface area (TPSA) is 137 Å². The first-order valence-electron chi connectivity index (χ1n) is 10.1. The van der Waals surface area contributed by atoms with Gasteiger partial charge in [-0.15, -0.1) is 5.10 Å². The number of nitrogens with zero attached hydrogens (tertiary/aromatic N) is 2. The Kier molecular flexibility index (Phi) is 6.70. The number of rotatable bonds is 6. The van der Waals surface area contributed by atoms with Gasteiger partial charge in [0.25, 0.3) is 0 Å². The molecule has 0 aliphatic carbocycles. The van der Waals surface area contributed by atoms with Gasteiger partial charge in [-0.3, -0.25) is 4.68 Å². The summed E-state index contributed by atoms with van der Waals surface area (Å²) in [5.41, 5.74) is 2.24. The fourth-order valence-electron chi connectivity index (χ4n) is 3.65. The average molecular weight is 440 g/mol. The van der Waals surface area contributed by atoms with Gasteiger partial charge in [0.15, 0.2) is 6.10 Å². The standard InChI is InChI=1S/C21H29FN2O7/c1-10(2)24-12(4)14(8-13-6-5-11(3)7-15(13)22)20(23-24)31-21(29)19(28)18(27)17(26)16(9-25)30-21/h5-7,10,16-19,25-29H,8-9H2,1-4H3/t16-,17-,18+,19-,21-/m1/s1. The van der Waals surface area contributed by atoms with E-state index in [9.17, 15) is 29.9 Å². The molecule has 5 N–H and O–H groups in total. The van der Waals surface area contributed by atoms with Gasteiger partial charge in [0, 0.05) is 23.7 Å². The maximum atomic E-state index is 14.5. The third kappa shape index (κ3) is 4.45. The maximum Gasteiger partial charge on any atom is 0.356 e. The van der Waals surface area contributed by atoms with E-state index in [1.165, 1.54) is 6.07 Å². The molecular formula is C21H29FN2O7. The molecule has 1 aliphatic rings. The van der Waals surface area contributed by atoms with E-state index in [1.54, 1.807) is 30.7 Å². The van der Waals surface area contributed by atoms with Crippen molar-refractivity contribution in [2.24, 2.45) is 0 Å². The zero-order valence-corrected chi connectivity index (χ0v) is 17.9. The molecule has 1 aromatic heterocycles. The van der Waals surface area contributed by atoms with Crippen molar-refractivity contribution >= 4 is 0 Å². The Morgan fingerprint density at radius 1 is 1.23 bits per heavy atom. The predicted molar refractivity (Wildman–Crippen MR) is 107 cm³/mol. The molecule has 5 atom stereocenters. The minimum Gasteiger partial charge on any atom is -0.417 e. The van der Waals surface area contributed by atoms with Crippen LogP contribution in [-0.4, -0.2) is 72.3 Å². The first-order chi connectivity index (χ1) is 14.5. The molecule has 0 radical (unpaired) electrons. The van der Waals surface area contributed by atoms with Crippen molar-refractivity contribution in [2.75, 3.05) is 6.61 Å². The third-order valence-corrected chi connectivity index (χ3v) is 5.47. The summed E-state index contributed by atoms with van der Waals surface area (Å²) in [5.74, 6) is -3.34. The molecular weight excluding hydrogens is 411 g/mol. The number of hydrogen-bond donors (Lipinski definition) is 5. The fraction of sp³-hybridized carbons (Fsp3) is 0.571.